The molecule has 0 aliphatic rings. The van der Waals surface area contributed by atoms with E-state index in [1.165, 1.54) is 56.6 Å². The van der Waals surface area contributed by atoms with Gasteiger partial charge in [0.15, 0.2) is 11.5 Å². The number of rotatable bonds is 15. The summed E-state index contributed by atoms with van der Waals surface area (Å²) in [4.78, 5) is 28.5. The number of nitrogens with zero attached hydrogens (tertiary/aromatic N) is 2. The van der Waals surface area contributed by atoms with E-state index in [1.807, 2.05) is 6.92 Å². The highest BCUT2D eigenvalue weighted by molar-refractivity contribution is 7.92. The number of methoxy groups -OCH3 is 3. The molecule has 2 amide bonds. The predicted molar refractivity (Wildman–Crippen MR) is 171 cm³/mol. The molecule has 0 aliphatic heterocycles. The molecule has 0 aromatic heterocycles. The summed E-state index contributed by atoms with van der Waals surface area (Å²) in [5, 5.41) is 3.47. The Balaban J connectivity index is 2.13. The molecule has 0 saturated carbocycles. The molecule has 1 atom stereocenters. The smallest absolute Gasteiger partial charge is 0.265 e. The van der Waals surface area contributed by atoms with Gasteiger partial charge in [0, 0.05) is 29.2 Å². The maximum absolute atomic E-state index is 14.3. The largest absolute Gasteiger partial charge is 0.495 e. The quantitative estimate of drug-likeness (QED) is 0.212. The number of sulfonamides is 1. The van der Waals surface area contributed by atoms with Gasteiger partial charge in [-0.05, 0) is 55.3 Å². The van der Waals surface area contributed by atoms with Gasteiger partial charge in [-0.1, -0.05) is 54.7 Å². The summed E-state index contributed by atoms with van der Waals surface area (Å²) in [6, 6.07) is 14.5. The van der Waals surface area contributed by atoms with Crippen molar-refractivity contribution in [2.24, 2.45) is 0 Å². The van der Waals surface area contributed by atoms with E-state index in [9.17, 15) is 18.0 Å². The summed E-state index contributed by atoms with van der Waals surface area (Å²) in [5.41, 5.74) is 0.617. The highest BCUT2D eigenvalue weighted by Gasteiger charge is 2.34. The first-order valence-corrected chi connectivity index (χ1v) is 16.1. The summed E-state index contributed by atoms with van der Waals surface area (Å²) in [7, 11) is -0.256. The van der Waals surface area contributed by atoms with Gasteiger partial charge in [0.05, 0.1) is 31.9 Å². The van der Waals surface area contributed by atoms with E-state index in [4.69, 9.17) is 37.4 Å². The van der Waals surface area contributed by atoms with Gasteiger partial charge in [0.25, 0.3) is 10.0 Å². The summed E-state index contributed by atoms with van der Waals surface area (Å²) in [5.74, 6) is -0.379. The summed E-state index contributed by atoms with van der Waals surface area (Å²) in [6.07, 6.45) is 1.64. The van der Waals surface area contributed by atoms with E-state index in [2.05, 4.69) is 5.32 Å². The second kappa shape index (κ2) is 15.9. The van der Waals surface area contributed by atoms with Crippen molar-refractivity contribution in [3.8, 4) is 17.2 Å². The van der Waals surface area contributed by atoms with E-state index >= 15 is 0 Å². The number of benzene rings is 3. The van der Waals surface area contributed by atoms with E-state index in [0.717, 1.165) is 17.1 Å². The highest BCUT2D eigenvalue weighted by Crippen LogP contribution is 2.37. The van der Waals surface area contributed by atoms with Gasteiger partial charge >= 0.3 is 0 Å². The van der Waals surface area contributed by atoms with Crippen molar-refractivity contribution in [2.45, 2.75) is 44.2 Å². The lowest BCUT2D eigenvalue weighted by Gasteiger charge is -2.32. The molecule has 0 radical (unpaired) electrons. The number of carbonyl (C=O) groups excluding carboxylic acids is 2. The van der Waals surface area contributed by atoms with E-state index in [1.54, 1.807) is 37.3 Å². The van der Waals surface area contributed by atoms with Crippen LogP contribution in [-0.2, 0) is 26.2 Å². The van der Waals surface area contributed by atoms with Crippen molar-refractivity contribution in [1.29, 1.82) is 0 Å². The van der Waals surface area contributed by atoms with Crippen molar-refractivity contribution in [1.82, 2.24) is 10.2 Å². The Hall–Kier alpha value is -3.67. The maximum Gasteiger partial charge on any atom is 0.265 e. The fourth-order valence-electron chi connectivity index (χ4n) is 4.40. The average Bonchev–Trinajstić information content (AvgIpc) is 3.02. The molecular weight excluding hydrogens is 629 g/mol. The lowest BCUT2D eigenvalue weighted by molar-refractivity contribution is -0.139. The molecule has 238 valence electrons. The Bertz CT molecular complexity index is 1570. The molecule has 1 N–H and O–H groups in total. The second-order valence-corrected chi connectivity index (χ2v) is 12.5. The number of hydrogen-bond acceptors (Lipinski definition) is 7. The minimum atomic E-state index is -4.45. The average molecular weight is 667 g/mol. The number of unbranched alkanes of at least 4 members (excludes halogenated alkanes) is 1. The van der Waals surface area contributed by atoms with Crippen LogP contribution in [0, 0.1) is 0 Å². The molecule has 0 bridgehead atoms. The third-order valence-electron chi connectivity index (χ3n) is 6.93. The Kier molecular flexibility index (Phi) is 12.6. The number of nitrogens with one attached hydrogen (secondary N) is 1. The predicted octanol–water partition coefficient (Wildman–Crippen LogP) is 5.55. The molecule has 3 rings (SSSR count). The first-order valence-electron chi connectivity index (χ1n) is 13.9. The summed E-state index contributed by atoms with van der Waals surface area (Å²) in [6.45, 7) is 3.29. The molecule has 0 heterocycles. The molecule has 0 saturated heterocycles. The van der Waals surface area contributed by atoms with Crippen molar-refractivity contribution in [2.75, 3.05) is 38.7 Å². The van der Waals surface area contributed by atoms with Crippen LogP contribution >= 0.6 is 23.2 Å². The first kappa shape index (κ1) is 34.8. The molecular formula is C31H37Cl2N3O7S. The van der Waals surface area contributed by atoms with Gasteiger partial charge < -0.3 is 24.4 Å². The van der Waals surface area contributed by atoms with Crippen LogP contribution < -0.4 is 23.8 Å². The molecule has 10 nitrogen and oxygen atoms in total. The molecule has 0 spiro atoms. The third-order valence-corrected chi connectivity index (χ3v) is 9.29. The zero-order chi connectivity index (χ0) is 32.4. The van der Waals surface area contributed by atoms with Gasteiger partial charge in [0.1, 0.15) is 18.3 Å². The third kappa shape index (κ3) is 8.28. The van der Waals surface area contributed by atoms with Gasteiger partial charge in [-0.2, -0.15) is 0 Å². The van der Waals surface area contributed by atoms with Crippen molar-refractivity contribution >= 4 is 50.7 Å². The Morgan fingerprint density at radius 1 is 0.909 bits per heavy atom. The summed E-state index contributed by atoms with van der Waals surface area (Å²) >= 11 is 12.7. The maximum atomic E-state index is 14.3. The Labute approximate surface area is 268 Å². The van der Waals surface area contributed by atoms with Crippen molar-refractivity contribution < 1.29 is 32.2 Å². The molecule has 44 heavy (non-hydrogen) atoms. The molecule has 0 unspecified atom stereocenters. The Morgan fingerprint density at radius 2 is 1.57 bits per heavy atom. The molecule has 0 aliphatic carbocycles. The monoisotopic (exact) mass is 665 g/mol. The van der Waals surface area contributed by atoms with Crippen molar-refractivity contribution in [3.05, 3.63) is 76.3 Å². The molecule has 0 fully saturated rings. The highest BCUT2D eigenvalue weighted by atomic mass is 35.5. The standard InChI is InChI=1S/C31H37Cl2N3O7S/c1-6-7-16-34-31(38)21(2)35(19-22-10-8-9-11-25(22)33)30(37)20-36(26-17-23(32)12-14-27(26)41-3)44(39,40)24-13-15-28(42-4)29(18-24)43-5/h8-15,17-18,21H,6-7,16,19-20H2,1-5H3,(H,34,38)/t21-/m0/s1. The molecule has 13 heteroatoms. The number of hydrogen-bond donors (Lipinski definition) is 1. The fraction of sp³-hybridized carbons (Fsp3) is 0.355. The zero-order valence-electron chi connectivity index (χ0n) is 25.3. The number of halogens is 2. The van der Waals surface area contributed by atoms with Crippen LogP contribution in [-0.4, -0.2) is 65.6 Å². The minimum absolute atomic E-state index is 0.0286. The van der Waals surface area contributed by atoms with Gasteiger partial charge in [0.2, 0.25) is 11.8 Å². The molecule has 3 aromatic rings. The van der Waals surface area contributed by atoms with Crippen LogP contribution in [0.1, 0.15) is 32.3 Å². The zero-order valence-corrected chi connectivity index (χ0v) is 27.6. The van der Waals surface area contributed by atoms with Crippen LogP contribution in [0.2, 0.25) is 10.0 Å². The van der Waals surface area contributed by atoms with E-state index in [-0.39, 0.29) is 39.6 Å². The van der Waals surface area contributed by atoms with Gasteiger partial charge in [-0.3, -0.25) is 13.9 Å². The van der Waals surface area contributed by atoms with Crippen LogP contribution in [0.3, 0.4) is 0 Å². The number of anilines is 1. The lowest BCUT2D eigenvalue weighted by Crippen LogP contribution is -2.51. The van der Waals surface area contributed by atoms with Crippen LogP contribution in [0.5, 0.6) is 17.2 Å². The van der Waals surface area contributed by atoms with Crippen LogP contribution in [0.4, 0.5) is 5.69 Å². The lowest BCUT2D eigenvalue weighted by atomic mass is 10.1. The van der Waals surface area contributed by atoms with Crippen LogP contribution in [0.15, 0.2) is 65.6 Å². The number of amides is 2. The topological polar surface area (TPSA) is 114 Å². The van der Waals surface area contributed by atoms with Gasteiger partial charge in [-0.15, -0.1) is 0 Å². The SMILES string of the molecule is CCCCNC(=O)[C@H](C)N(Cc1ccccc1Cl)C(=O)CN(c1cc(Cl)ccc1OC)S(=O)(=O)c1ccc(OC)c(OC)c1. The fourth-order valence-corrected chi connectivity index (χ4v) is 6.20. The molecule has 3 aromatic carbocycles. The summed E-state index contributed by atoms with van der Waals surface area (Å²) < 4.78 is 45.6. The normalized spacial score (nSPS) is 11.8. The van der Waals surface area contributed by atoms with Crippen LogP contribution in [0.25, 0.3) is 0 Å². The van der Waals surface area contributed by atoms with E-state index in [0.29, 0.717) is 22.9 Å². The van der Waals surface area contributed by atoms with Gasteiger partial charge in [-0.25, -0.2) is 8.42 Å². The Morgan fingerprint density at radius 3 is 2.20 bits per heavy atom. The van der Waals surface area contributed by atoms with Crippen molar-refractivity contribution in [3.63, 3.8) is 0 Å². The number of ether oxygens (including phenoxy) is 3. The number of carbonyl (C=O) groups is 2. The first-order chi connectivity index (χ1) is 21.0. The second-order valence-electron chi connectivity index (χ2n) is 9.78. The van der Waals surface area contributed by atoms with E-state index < -0.39 is 28.5 Å². The minimum Gasteiger partial charge on any atom is -0.495 e.